The van der Waals surface area contributed by atoms with Crippen LogP contribution in [0.4, 0.5) is 0 Å². The SMILES string of the molecule is O=C(O)CCc1ccc([AsH2])cc1. The number of carboxylic acid groups (broad SMARTS) is 1. The molecule has 0 bridgehead atoms. The van der Waals surface area contributed by atoms with Gasteiger partial charge >= 0.3 is 79.7 Å². The number of carbonyl (C=O) groups is 1. The first-order valence-electron chi connectivity index (χ1n) is 3.74. The van der Waals surface area contributed by atoms with Gasteiger partial charge in [0.05, 0.1) is 0 Å². The van der Waals surface area contributed by atoms with Crippen molar-refractivity contribution < 1.29 is 9.90 Å². The van der Waals surface area contributed by atoms with Crippen LogP contribution in [0.2, 0.25) is 0 Å². The molecule has 1 atom stereocenters. The Kier molecular flexibility index (Phi) is 3.36. The average molecular weight is 226 g/mol. The molecule has 1 unspecified atom stereocenters. The molecule has 1 N–H and O–H groups in total. The fourth-order valence-electron chi connectivity index (χ4n) is 0.936. The first kappa shape index (κ1) is 9.34. The molecule has 1 aromatic carbocycles. The molecule has 0 aliphatic carbocycles. The van der Waals surface area contributed by atoms with E-state index >= 15 is 0 Å². The Balaban J connectivity index is 2.53. The molecule has 0 aliphatic heterocycles. The van der Waals surface area contributed by atoms with E-state index in [9.17, 15) is 4.79 Å². The Morgan fingerprint density at radius 2 is 1.92 bits per heavy atom. The van der Waals surface area contributed by atoms with Crippen LogP contribution in [-0.4, -0.2) is 27.9 Å². The van der Waals surface area contributed by atoms with Crippen LogP contribution in [0, 0.1) is 0 Å². The molecule has 0 heterocycles. The Hall–Kier alpha value is -0.752. The minimum absolute atomic E-state index is 0.216. The Bertz CT molecular complexity index is 266. The Morgan fingerprint density at radius 1 is 1.33 bits per heavy atom. The molecule has 64 valence electrons. The third kappa shape index (κ3) is 3.10. The first-order valence-corrected chi connectivity index (χ1v) is 4.96. The van der Waals surface area contributed by atoms with Gasteiger partial charge in [-0.25, -0.2) is 0 Å². The first-order chi connectivity index (χ1) is 5.68. The zero-order chi connectivity index (χ0) is 8.97. The van der Waals surface area contributed by atoms with Gasteiger partial charge in [0.1, 0.15) is 0 Å². The van der Waals surface area contributed by atoms with Crippen LogP contribution in [0.1, 0.15) is 12.0 Å². The molecule has 0 fully saturated rings. The maximum atomic E-state index is 10.2. The van der Waals surface area contributed by atoms with Gasteiger partial charge in [-0.2, -0.15) is 0 Å². The monoisotopic (exact) mass is 226 g/mol. The van der Waals surface area contributed by atoms with Crippen LogP contribution < -0.4 is 4.35 Å². The molecule has 0 saturated carbocycles. The molecule has 12 heavy (non-hydrogen) atoms. The van der Waals surface area contributed by atoms with Crippen molar-refractivity contribution in [3.63, 3.8) is 0 Å². The van der Waals surface area contributed by atoms with E-state index in [-0.39, 0.29) is 6.42 Å². The zero-order valence-electron chi connectivity index (χ0n) is 6.66. The van der Waals surface area contributed by atoms with Crippen molar-refractivity contribution in [3.8, 4) is 0 Å². The number of hydrogen-bond acceptors (Lipinski definition) is 1. The topological polar surface area (TPSA) is 37.3 Å². The van der Waals surface area contributed by atoms with Crippen molar-refractivity contribution in [1.82, 2.24) is 0 Å². The van der Waals surface area contributed by atoms with Gasteiger partial charge in [0.15, 0.2) is 0 Å². The quantitative estimate of drug-likeness (QED) is 0.734. The zero-order valence-corrected chi connectivity index (χ0v) is 9.08. The molecular formula is C9H11AsO2. The summed E-state index contributed by atoms with van der Waals surface area (Å²) in [5, 5.41) is 8.43. The normalized spacial score (nSPS) is 9.75. The van der Waals surface area contributed by atoms with Crippen LogP contribution in [0.3, 0.4) is 0 Å². The Labute approximate surface area is 80.1 Å². The number of hydrogen-bond donors (Lipinski definition) is 1. The molecule has 0 amide bonds. The second-order valence-electron chi connectivity index (χ2n) is 2.64. The number of benzene rings is 1. The molecule has 1 aromatic rings. The van der Waals surface area contributed by atoms with Gasteiger partial charge in [-0.05, 0) is 0 Å². The summed E-state index contributed by atoms with van der Waals surface area (Å²) in [6.07, 6.45) is 0.844. The molecule has 0 aliphatic rings. The van der Waals surface area contributed by atoms with Gasteiger partial charge in [0, 0.05) is 0 Å². The number of aryl methyl sites for hydroxylation is 1. The average Bonchev–Trinajstić information content (AvgIpc) is 2.03. The van der Waals surface area contributed by atoms with Crippen molar-refractivity contribution in [2.75, 3.05) is 0 Å². The predicted molar refractivity (Wildman–Crippen MR) is 50.6 cm³/mol. The van der Waals surface area contributed by atoms with E-state index in [2.05, 4.69) is 0 Å². The molecule has 0 radical (unpaired) electrons. The van der Waals surface area contributed by atoms with Crippen molar-refractivity contribution in [2.45, 2.75) is 12.8 Å². The summed E-state index contributed by atoms with van der Waals surface area (Å²) in [7, 11) is 0. The second-order valence-corrected chi connectivity index (χ2v) is 4.03. The van der Waals surface area contributed by atoms with Crippen LogP contribution in [0.15, 0.2) is 24.3 Å². The third-order valence-corrected chi connectivity index (χ3v) is 2.41. The van der Waals surface area contributed by atoms with Gasteiger partial charge in [-0.3, -0.25) is 0 Å². The minimum atomic E-state index is -0.736. The van der Waals surface area contributed by atoms with Gasteiger partial charge in [-0.1, -0.05) is 0 Å². The number of rotatable bonds is 3. The van der Waals surface area contributed by atoms with Crippen molar-refractivity contribution in [1.29, 1.82) is 0 Å². The third-order valence-electron chi connectivity index (χ3n) is 1.61. The summed E-state index contributed by atoms with van der Waals surface area (Å²) < 4.78 is 1.27. The number of carboxylic acids is 1. The van der Waals surface area contributed by atoms with Crippen molar-refractivity contribution in [2.24, 2.45) is 0 Å². The van der Waals surface area contributed by atoms with Gasteiger partial charge in [0.25, 0.3) is 0 Å². The van der Waals surface area contributed by atoms with Crippen LogP contribution in [0.25, 0.3) is 0 Å². The van der Waals surface area contributed by atoms with Gasteiger partial charge < -0.3 is 0 Å². The standard InChI is InChI=1S/C9H11AsO2/c10-8-4-1-7(2-5-8)3-6-9(11)12/h1-2,4-5H,3,6,10H2,(H,11,12). The van der Waals surface area contributed by atoms with E-state index in [1.165, 1.54) is 4.35 Å². The summed E-state index contributed by atoms with van der Waals surface area (Å²) >= 11 is 1.58. The van der Waals surface area contributed by atoms with Crippen LogP contribution in [0.5, 0.6) is 0 Å². The van der Waals surface area contributed by atoms with Gasteiger partial charge in [-0.15, -0.1) is 0 Å². The van der Waals surface area contributed by atoms with E-state index in [1.54, 1.807) is 16.9 Å². The van der Waals surface area contributed by atoms with E-state index < -0.39 is 5.97 Å². The van der Waals surface area contributed by atoms with E-state index in [0.29, 0.717) is 6.42 Å². The summed E-state index contributed by atoms with van der Waals surface area (Å²) in [6, 6.07) is 8.02. The fraction of sp³-hybridized carbons (Fsp3) is 0.222. The molecule has 3 heteroatoms. The maximum absolute atomic E-state index is 10.2. The second kappa shape index (κ2) is 4.32. The van der Waals surface area contributed by atoms with Crippen molar-refractivity contribution >= 4 is 27.2 Å². The van der Waals surface area contributed by atoms with Gasteiger partial charge in [0.2, 0.25) is 0 Å². The number of aliphatic carboxylic acids is 1. The van der Waals surface area contributed by atoms with Crippen LogP contribution >= 0.6 is 0 Å². The molecule has 0 spiro atoms. The van der Waals surface area contributed by atoms with Crippen LogP contribution in [-0.2, 0) is 11.2 Å². The van der Waals surface area contributed by atoms with Crippen molar-refractivity contribution in [3.05, 3.63) is 29.8 Å². The predicted octanol–water partition coefficient (Wildman–Crippen LogP) is -0.0378. The summed E-state index contributed by atoms with van der Waals surface area (Å²) in [6.45, 7) is 0. The van der Waals surface area contributed by atoms with E-state index in [4.69, 9.17) is 5.11 Å². The summed E-state index contributed by atoms with van der Waals surface area (Å²) in [5.74, 6) is -0.736. The molecule has 2 nitrogen and oxygen atoms in total. The summed E-state index contributed by atoms with van der Waals surface area (Å²) in [4.78, 5) is 10.2. The molecule has 0 aromatic heterocycles. The summed E-state index contributed by atoms with van der Waals surface area (Å²) in [5.41, 5.74) is 1.10. The van der Waals surface area contributed by atoms with E-state index in [1.807, 2.05) is 24.3 Å². The fourth-order valence-corrected chi connectivity index (χ4v) is 1.34. The molecular weight excluding hydrogens is 215 g/mol. The Morgan fingerprint density at radius 3 is 2.42 bits per heavy atom. The van der Waals surface area contributed by atoms with E-state index in [0.717, 1.165) is 5.56 Å². The molecule has 1 rings (SSSR count). The molecule has 0 saturated heterocycles.